The van der Waals surface area contributed by atoms with Crippen molar-refractivity contribution in [1.82, 2.24) is 20.3 Å². The molecule has 0 unspecified atom stereocenters. The number of aromatic nitrogens is 3. The van der Waals surface area contributed by atoms with Crippen LogP contribution in [0.5, 0.6) is 11.6 Å². The van der Waals surface area contributed by atoms with Crippen LogP contribution < -0.4 is 20.1 Å². The summed E-state index contributed by atoms with van der Waals surface area (Å²) in [7, 11) is -4.27. The summed E-state index contributed by atoms with van der Waals surface area (Å²) in [6.45, 7) is 4.23. The first-order chi connectivity index (χ1) is 20.0. The Morgan fingerprint density at radius 3 is 2.63 bits per heavy atom. The molecule has 0 bridgehead atoms. The molecule has 0 amide bonds. The molecule has 0 aliphatic carbocycles. The molecule has 1 aliphatic rings. The Morgan fingerprint density at radius 2 is 1.88 bits per heavy atom. The Hall–Kier alpha value is -3.68. The molecule has 1 fully saturated rings. The van der Waals surface area contributed by atoms with Gasteiger partial charge >= 0.3 is 0 Å². The number of halogens is 4. The third kappa shape index (κ3) is 8.03. The van der Waals surface area contributed by atoms with Crippen LogP contribution in [-0.4, -0.2) is 54.2 Å². The second-order valence-electron chi connectivity index (χ2n) is 10.4. The summed E-state index contributed by atoms with van der Waals surface area (Å²) < 4.78 is 75.1. The first kappa shape index (κ1) is 32.2. The second kappa shape index (κ2) is 13.3. The largest absolute Gasteiger partial charge is 0.437 e. The van der Waals surface area contributed by atoms with E-state index in [9.17, 15) is 21.6 Å². The number of hydrogen-bond acceptors (Lipinski definition) is 8. The van der Waals surface area contributed by atoms with Gasteiger partial charge in [0.05, 0.1) is 22.7 Å². The number of hydrogen-bond donors (Lipinski definition) is 3. The topological polar surface area (TPSA) is 118 Å². The quantitative estimate of drug-likeness (QED) is 0.186. The number of piperidine rings is 1. The van der Waals surface area contributed by atoms with E-state index < -0.39 is 33.9 Å². The molecule has 4 aromatic rings. The molecule has 43 heavy (non-hydrogen) atoms. The first-order valence-electron chi connectivity index (χ1n) is 13.5. The molecule has 1 atom stereocenters. The number of alkyl halides is 2. The minimum absolute atomic E-state index is 0. The zero-order chi connectivity index (χ0) is 29.9. The molecule has 0 saturated carbocycles. The van der Waals surface area contributed by atoms with Gasteiger partial charge in [-0.3, -0.25) is 4.72 Å². The van der Waals surface area contributed by atoms with E-state index in [1.165, 1.54) is 6.07 Å². The van der Waals surface area contributed by atoms with Crippen LogP contribution in [0.4, 0.5) is 24.8 Å². The van der Waals surface area contributed by atoms with Crippen LogP contribution in [0.2, 0.25) is 0 Å². The van der Waals surface area contributed by atoms with E-state index in [4.69, 9.17) is 4.74 Å². The highest BCUT2D eigenvalue weighted by atomic mass is 35.5. The standard InChI is InChI=1S/C29H31F3N6O3S.ClH/c1-18-7-8-20-21(9-10-23(30)25(20)38-42(39,40)16-12-29(2,31)32)26(18)41-27-22(6-4-14-34-27)24-11-15-35-28(37-24)36-19-5-3-13-33-17-19;/h4,6-11,14-15,19,33,38H,3,5,12-13,16-17H2,1-2H3,(H,35,36,37);1H/t19-;/m0./s1. The Kier molecular flexibility index (Phi) is 9.98. The molecule has 3 heterocycles. The van der Waals surface area contributed by atoms with Gasteiger partial charge in [0.25, 0.3) is 0 Å². The zero-order valence-electron chi connectivity index (χ0n) is 23.5. The summed E-state index contributed by atoms with van der Waals surface area (Å²) >= 11 is 0. The van der Waals surface area contributed by atoms with Crippen molar-refractivity contribution in [3.05, 3.63) is 66.2 Å². The highest BCUT2D eigenvalue weighted by Crippen LogP contribution is 2.39. The molecule has 1 aliphatic heterocycles. The maximum Gasteiger partial charge on any atom is 0.246 e. The lowest BCUT2D eigenvalue weighted by atomic mass is 10.0. The second-order valence-corrected chi connectivity index (χ2v) is 12.2. The monoisotopic (exact) mass is 636 g/mol. The van der Waals surface area contributed by atoms with Crippen LogP contribution in [-0.2, 0) is 10.0 Å². The van der Waals surface area contributed by atoms with Crippen LogP contribution in [0, 0.1) is 12.7 Å². The van der Waals surface area contributed by atoms with Gasteiger partial charge in [0, 0.05) is 42.2 Å². The van der Waals surface area contributed by atoms with Crippen molar-refractivity contribution in [2.24, 2.45) is 0 Å². The van der Waals surface area contributed by atoms with Gasteiger partial charge in [0.2, 0.25) is 27.8 Å². The van der Waals surface area contributed by atoms with Gasteiger partial charge < -0.3 is 15.4 Å². The fraction of sp³-hybridized carbons (Fsp3) is 0.345. The van der Waals surface area contributed by atoms with E-state index in [2.05, 4.69) is 30.3 Å². The number of nitrogens with one attached hydrogen (secondary N) is 3. The minimum atomic E-state index is -4.27. The van der Waals surface area contributed by atoms with E-state index in [1.54, 1.807) is 49.6 Å². The van der Waals surface area contributed by atoms with Crippen molar-refractivity contribution in [1.29, 1.82) is 0 Å². The summed E-state index contributed by atoms with van der Waals surface area (Å²) in [5.41, 5.74) is 1.50. The van der Waals surface area contributed by atoms with Crippen LogP contribution in [0.3, 0.4) is 0 Å². The average molecular weight is 637 g/mol. The van der Waals surface area contributed by atoms with E-state index in [1.807, 2.05) is 0 Å². The number of pyridine rings is 1. The number of rotatable bonds is 10. The van der Waals surface area contributed by atoms with Crippen molar-refractivity contribution in [3.63, 3.8) is 0 Å². The maximum absolute atomic E-state index is 14.9. The summed E-state index contributed by atoms with van der Waals surface area (Å²) in [5.74, 6) is -3.87. The fourth-order valence-corrected chi connectivity index (χ4v) is 5.97. The summed E-state index contributed by atoms with van der Waals surface area (Å²) in [4.78, 5) is 13.5. The van der Waals surface area contributed by atoms with Gasteiger partial charge in [0.1, 0.15) is 11.6 Å². The highest BCUT2D eigenvalue weighted by molar-refractivity contribution is 7.92. The maximum atomic E-state index is 14.9. The van der Waals surface area contributed by atoms with Crippen molar-refractivity contribution in [3.8, 4) is 22.9 Å². The number of anilines is 2. The highest BCUT2D eigenvalue weighted by Gasteiger charge is 2.26. The van der Waals surface area contributed by atoms with Crippen LogP contribution >= 0.6 is 12.4 Å². The van der Waals surface area contributed by atoms with Gasteiger partial charge in [-0.2, -0.15) is 0 Å². The Morgan fingerprint density at radius 1 is 1.09 bits per heavy atom. The molecule has 9 nitrogen and oxygen atoms in total. The van der Waals surface area contributed by atoms with Crippen molar-refractivity contribution >= 4 is 44.8 Å². The lowest BCUT2D eigenvalue weighted by Crippen LogP contribution is -2.38. The normalized spacial score (nSPS) is 15.5. The molecule has 14 heteroatoms. The number of ether oxygens (including phenoxy) is 1. The predicted octanol–water partition coefficient (Wildman–Crippen LogP) is 6.30. The van der Waals surface area contributed by atoms with Crippen molar-refractivity contribution in [2.75, 3.05) is 28.9 Å². The number of benzene rings is 2. The molecule has 1 saturated heterocycles. The number of nitrogens with zero attached hydrogens (tertiary/aromatic N) is 3. The predicted molar refractivity (Wildman–Crippen MR) is 163 cm³/mol. The SMILES string of the molecule is Cc1ccc2c(NS(=O)(=O)CCC(C)(F)F)c(F)ccc2c1Oc1ncccc1-c1ccnc(N[C@H]2CCCNC2)n1.Cl. The Balaban J connectivity index is 0.00000423. The van der Waals surface area contributed by atoms with Crippen LogP contribution in [0.15, 0.2) is 54.9 Å². The number of aryl methyl sites for hydroxylation is 1. The third-order valence-electron chi connectivity index (χ3n) is 6.90. The van der Waals surface area contributed by atoms with E-state index in [0.29, 0.717) is 40.8 Å². The van der Waals surface area contributed by atoms with E-state index in [-0.39, 0.29) is 35.4 Å². The minimum Gasteiger partial charge on any atom is -0.437 e. The Labute approximate surface area is 254 Å². The van der Waals surface area contributed by atoms with Gasteiger partial charge in [-0.05, 0) is 69.1 Å². The van der Waals surface area contributed by atoms with Crippen LogP contribution in [0.25, 0.3) is 22.0 Å². The molecule has 0 spiro atoms. The average Bonchev–Trinajstić information content (AvgIpc) is 2.95. The van der Waals surface area contributed by atoms with Crippen molar-refractivity contribution in [2.45, 2.75) is 45.1 Å². The van der Waals surface area contributed by atoms with Gasteiger partial charge in [-0.25, -0.2) is 36.5 Å². The summed E-state index contributed by atoms with van der Waals surface area (Å²) in [6, 6.07) is 11.3. The van der Waals surface area contributed by atoms with Gasteiger partial charge in [-0.15, -0.1) is 12.4 Å². The molecule has 2 aromatic heterocycles. The molecule has 3 N–H and O–H groups in total. The molecule has 2 aromatic carbocycles. The van der Waals surface area contributed by atoms with Crippen LogP contribution in [0.1, 0.15) is 31.7 Å². The summed E-state index contributed by atoms with van der Waals surface area (Å²) in [5, 5.41) is 7.32. The molecule has 230 valence electrons. The number of fused-ring (bicyclic) bond motifs is 1. The first-order valence-corrected chi connectivity index (χ1v) is 15.2. The Bertz CT molecular complexity index is 1700. The van der Waals surface area contributed by atoms with Crippen molar-refractivity contribution < 1.29 is 26.3 Å². The molecule has 5 rings (SSSR count). The third-order valence-corrected chi connectivity index (χ3v) is 8.15. The number of sulfonamides is 1. The lowest BCUT2D eigenvalue weighted by molar-refractivity contribution is 0.0189. The molecule has 0 radical (unpaired) electrons. The lowest BCUT2D eigenvalue weighted by Gasteiger charge is -2.23. The smallest absolute Gasteiger partial charge is 0.246 e. The van der Waals surface area contributed by atoms with E-state index in [0.717, 1.165) is 32.0 Å². The zero-order valence-corrected chi connectivity index (χ0v) is 25.2. The fourth-order valence-electron chi connectivity index (χ4n) is 4.72. The summed E-state index contributed by atoms with van der Waals surface area (Å²) in [6.07, 6.45) is 4.38. The molecular weight excluding hydrogens is 605 g/mol. The van der Waals surface area contributed by atoms with E-state index >= 15 is 0 Å². The van der Waals surface area contributed by atoms with Gasteiger partial charge in [0.15, 0.2) is 0 Å². The molecular formula is C29H32ClF3N6O3S. The van der Waals surface area contributed by atoms with Gasteiger partial charge in [-0.1, -0.05) is 12.1 Å².